The monoisotopic (exact) mass is 344 g/mol. The molecule has 1 aromatic carbocycles. The largest absolute Gasteiger partial charge is 0.456 e. The number of rotatable bonds is 6. The number of nitrogens with one attached hydrogen (secondary N) is 1. The van der Waals surface area contributed by atoms with Crippen molar-refractivity contribution in [3.63, 3.8) is 0 Å². The van der Waals surface area contributed by atoms with Crippen LogP contribution in [-0.2, 0) is 14.3 Å². The molecule has 5 nitrogen and oxygen atoms in total. The number of aromatic nitrogens is 1. The van der Waals surface area contributed by atoms with Gasteiger partial charge in [0.25, 0.3) is 5.91 Å². The van der Waals surface area contributed by atoms with Gasteiger partial charge >= 0.3 is 5.97 Å². The van der Waals surface area contributed by atoms with Gasteiger partial charge in [-0.25, -0.2) is 4.98 Å². The zero-order valence-corrected chi connectivity index (χ0v) is 14.2. The summed E-state index contributed by atoms with van der Waals surface area (Å²) in [6.45, 7) is -0.258. The molecule has 6 heteroatoms. The third kappa shape index (κ3) is 4.64. The van der Waals surface area contributed by atoms with Gasteiger partial charge in [-0.3, -0.25) is 14.9 Å². The Kier molecular flexibility index (Phi) is 5.59. The van der Waals surface area contributed by atoms with E-state index in [0.717, 1.165) is 24.1 Å². The van der Waals surface area contributed by atoms with Gasteiger partial charge in [-0.05, 0) is 18.8 Å². The number of carbonyl (C=O) groups excluding carboxylic acids is 2. The molecule has 24 heavy (non-hydrogen) atoms. The van der Waals surface area contributed by atoms with Gasteiger partial charge in [-0.1, -0.05) is 43.2 Å². The fraction of sp³-hybridized carbons (Fsp3) is 0.389. The minimum absolute atomic E-state index is 0.258. The maximum atomic E-state index is 11.9. The summed E-state index contributed by atoms with van der Waals surface area (Å²) in [4.78, 5) is 28.0. The van der Waals surface area contributed by atoms with Gasteiger partial charge in [-0.15, -0.1) is 11.3 Å². The zero-order valence-electron chi connectivity index (χ0n) is 13.4. The van der Waals surface area contributed by atoms with E-state index in [0.29, 0.717) is 17.5 Å². The minimum Gasteiger partial charge on any atom is -0.456 e. The molecule has 3 rings (SSSR count). The molecule has 0 saturated heterocycles. The SMILES string of the molecule is O=C(COC(=O)CC1CCCC1)Nc1nc(-c2ccccc2)cs1. The Labute approximate surface area is 145 Å². The number of anilines is 1. The minimum atomic E-state index is -0.358. The molecule has 1 aliphatic rings. The van der Waals surface area contributed by atoms with E-state index >= 15 is 0 Å². The number of thiazole rings is 1. The molecule has 1 aromatic heterocycles. The molecule has 0 atom stereocenters. The summed E-state index contributed by atoms with van der Waals surface area (Å²) in [6, 6.07) is 9.75. The van der Waals surface area contributed by atoms with Gasteiger partial charge < -0.3 is 4.74 Å². The van der Waals surface area contributed by atoms with E-state index in [1.807, 2.05) is 35.7 Å². The summed E-state index contributed by atoms with van der Waals surface area (Å²) < 4.78 is 5.06. The van der Waals surface area contributed by atoms with E-state index in [-0.39, 0.29) is 18.5 Å². The maximum Gasteiger partial charge on any atom is 0.306 e. The molecular formula is C18H20N2O3S. The maximum absolute atomic E-state index is 11.9. The first-order valence-corrected chi connectivity index (χ1v) is 9.05. The van der Waals surface area contributed by atoms with E-state index in [2.05, 4.69) is 10.3 Å². The number of esters is 1. The smallest absolute Gasteiger partial charge is 0.306 e. The Morgan fingerprint density at radius 2 is 1.96 bits per heavy atom. The van der Waals surface area contributed by atoms with Gasteiger partial charge in [0, 0.05) is 17.4 Å². The number of nitrogens with zero attached hydrogens (tertiary/aromatic N) is 1. The first-order valence-electron chi connectivity index (χ1n) is 8.17. The lowest BCUT2D eigenvalue weighted by molar-refractivity contribution is -0.148. The number of ether oxygens (including phenoxy) is 1. The van der Waals surface area contributed by atoms with E-state index in [4.69, 9.17) is 4.74 Å². The van der Waals surface area contributed by atoms with Crippen LogP contribution >= 0.6 is 11.3 Å². The van der Waals surface area contributed by atoms with Crippen LogP contribution in [0.5, 0.6) is 0 Å². The highest BCUT2D eigenvalue weighted by molar-refractivity contribution is 7.14. The van der Waals surface area contributed by atoms with Crippen molar-refractivity contribution in [3.05, 3.63) is 35.7 Å². The van der Waals surface area contributed by atoms with Crippen molar-refractivity contribution in [2.45, 2.75) is 32.1 Å². The second-order valence-electron chi connectivity index (χ2n) is 5.97. The summed E-state index contributed by atoms with van der Waals surface area (Å²) in [7, 11) is 0. The molecule has 126 valence electrons. The average Bonchev–Trinajstić information content (AvgIpc) is 3.26. The third-order valence-electron chi connectivity index (χ3n) is 4.11. The first-order chi connectivity index (χ1) is 11.7. The quantitative estimate of drug-likeness (QED) is 0.808. The molecule has 1 amide bonds. The average molecular weight is 344 g/mol. The van der Waals surface area contributed by atoms with Crippen LogP contribution in [0.3, 0.4) is 0 Å². The normalized spacial score (nSPS) is 14.5. The lowest BCUT2D eigenvalue weighted by Crippen LogP contribution is -2.21. The van der Waals surface area contributed by atoms with Crippen LogP contribution in [0.25, 0.3) is 11.3 Å². The molecule has 2 aromatic rings. The summed E-state index contributed by atoms with van der Waals surface area (Å²) in [6.07, 6.45) is 4.96. The molecule has 0 radical (unpaired) electrons. The van der Waals surface area contributed by atoms with Crippen molar-refractivity contribution < 1.29 is 14.3 Å². The van der Waals surface area contributed by atoms with Crippen LogP contribution in [0.4, 0.5) is 5.13 Å². The molecular weight excluding hydrogens is 324 g/mol. The fourth-order valence-electron chi connectivity index (χ4n) is 2.88. The van der Waals surface area contributed by atoms with Crippen LogP contribution < -0.4 is 5.32 Å². The van der Waals surface area contributed by atoms with Gasteiger partial charge in [0.2, 0.25) is 0 Å². The lowest BCUT2D eigenvalue weighted by Gasteiger charge is -2.08. The Morgan fingerprint density at radius 1 is 1.21 bits per heavy atom. The number of hydrogen-bond donors (Lipinski definition) is 1. The molecule has 1 fully saturated rings. The summed E-state index contributed by atoms with van der Waals surface area (Å²) in [5, 5.41) is 5.06. The van der Waals surface area contributed by atoms with E-state index in [1.165, 1.54) is 24.2 Å². The Morgan fingerprint density at radius 3 is 2.71 bits per heavy atom. The molecule has 1 saturated carbocycles. The van der Waals surface area contributed by atoms with Gasteiger partial charge in [-0.2, -0.15) is 0 Å². The van der Waals surface area contributed by atoms with Crippen LogP contribution in [0.1, 0.15) is 32.1 Å². The van der Waals surface area contributed by atoms with Crippen LogP contribution in [0, 0.1) is 5.92 Å². The van der Waals surface area contributed by atoms with E-state index < -0.39 is 0 Å². The van der Waals surface area contributed by atoms with Crippen LogP contribution in [0.2, 0.25) is 0 Å². The highest BCUT2D eigenvalue weighted by Crippen LogP contribution is 2.27. The molecule has 1 heterocycles. The van der Waals surface area contributed by atoms with Crippen molar-refractivity contribution in [2.75, 3.05) is 11.9 Å². The van der Waals surface area contributed by atoms with E-state index in [9.17, 15) is 9.59 Å². The molecule has 0 aliphatic heterocycles. The van der Waals surface area contributed by atoms with Crippen LogP contribution in [0.15, 0.2) is 35.7 Å². The first kappa shape index (κ1) is 16.6. The number of benzene rings is 1. The van der Waals surface area contributed by atoms with Crippen molar-refractivity contribution >= 4 is 28.3 Å². The van der Waals surface area contributed by atoms with Gasteiger partial charge in [0.15, 0.2) is 11.7 Å². The standard InChI is InChI=1S/C18H20N2O3S/c21-16(11-23-17(22)10-13-6-4-5-7-13)20-18-19-15(12-24-18)14-8-2-1-3-9-14/h1-3,8-9,12-13H,4-7,10-11H2,(H,19,20,21). The highest BCUT2D eigenvalue weighted by atomic mass is 32.1. The second-order valence-corrected chi connectivity index (χ2v) is 6.83. The van der Waals surface area contributed by atoms with Crippen molar-refractivity contribution in [3.8, 4) is 11.3 Å². The molecule has 1 aliphatic carbocycles. The number of carbonyl (C=O) groups is 2. The van der Waals surface area contributed by atoms with Crippen molar-refractivity contribution in [2.24, 2.45) is 5.92 Å². The topological polar surface area (TPSA) is 68.3 Å². The molecule has 0 unspecified atom stereocenters. The second kappa shape index (κ2) is 8.06. The molecule has 0 bridgehead atoms. The fourth-order valence-corrected chi connectivity index (χ4v) is 3.62. The van der Waals surface area contributed by atoms with Crippen molar-refractivity contribution in [1.29, 1.82) is 0 Å². The lowest BCUT2D eigenvalue weighted by atomic mass is 10.1. The Bertz CT molecular complexity index is 693. The Hall–Kier alpha value is -2.21. The summed E-state index contributed by atoms with van der Waals surface area (Å²) in [5.41, 5.74) is 1.81. The number of hydrogen-bond acceptors (Lipinski definition) is 5. The third-order valence-corrected chi connectivity index (χ3v) is 4.87. The van der Waals surface area contributed by atoms with Crippen LogP contribution in [-0.4, -0.2) is 23.5 Å². The van der Waals surface area contributed by atoms with Gasteiger partial charge in [0.1, 0.15) is 0 Å². The van der Waals surface area contributed by atoms with E-state index in [1.54, 1.807) is 0 Å². The predicted octanol–water partition coefficient (Wildman–Crippen LogP) is 3.87. The van der Waals surface area contributed by atoms with Gasteiger partial charge in [0.05, 0.1) is 5.69 Å². The molecule has 1 N–H and O–H groups in total. The zero-order chi connectivity index (χ0) is 16.8. The highest BCUT2D eigenvalue weighted by Gasteiger charge is 2.20. The molecule has 0 spiro atoms. The summed E-state index contributed by atoms with van der Waals surface area (Å²) >= 11 is 1.35. The summed E-state index contributed by atoms with van der Waals surface area (Å²) in [5.74, 6) is -0.224. The predicted molar refractivity (Wildman–Crippen MR) is 93.7 cm³/mol. The number of amides is 1. The van der Waals surface area contributed by atoms with Crippen molar-refractivity contribution in [1.82, 2.24) is 4.98 Å². The Balaban J connectivity index is 1.45.